The smallest absolute Gasteiger partial charge is 0.334 e. The number of cyclic esters (lactones) is 1. The third kappa shape index (κ3) is 2.64. The van der Waals surface area contributed by atoms with Gasteiger partial charge in [-0.1, -0.05) is 26.0 Å². The van der Waals surface area contributed by atoms with Gasteiger partial charge in [-0.25, -0.2) is 4.79 Å². The van der Waals surface area contributed by atoms with Gasteiger partial charge < -0.3 is 14.9 Å². The van der Waals surface area contributed by atoms with Gasteiger partial charge >= 0.3 is 5.97 Å². The van der Waals surface area contributed by atoms with Crippen LogP contribution in [0.3, 0.4) is 0 Å². The van der Waals surface area contributed by atoms with Crippen LogP contribution in [0.15, 0.2) is 23.8 Å². The number of hydrogen-bond donors (Lipinski definition) is 2. The Morgan fingerprint density at radius 1 is 1.38 bits per heavy atom. The van der Waals surface area contributed by atoms with Crippen molar-refractivity contribution in [3.63, 3.8) is 0 Å². The van der Waals surface area contributed by atoms with Crippen LogP contribution in [0.2, 0.25) is 0 Å². The Morgan fingerprint density at radius 3 is 2.75 bits per heavy atom. The van der Waals surface area contributed by atoms with Crippen molar-refractivity contribution in [3.05, 3.63) is 23.8 Å². The number of hydrogen-bond acceptors (Lipinski definition) is 4. The van der Waals surface area contributed by atoms with Gasteiger partial charge in [0.2, 0.25) is 0 Å². The molecule has 0 saturated heterocycles. The molecule has 0 aromatic rings. The van der Waals surface area contributed by atoms with Crippen LogP contribution in [0.5, 0.6) is 0 Å². The second-order valence-electron chi connectivity index (χ2n) is 8.39. The molecule has 2 aliphatic carbocycles. The lowest BCUT2D eigenvalue weighted by atomic mass is 9.46. The highest BCUT2D eigenvalue weighted by Crippen LogP contribution is 2.61. The first-order valence-corrected chi connectivity index (χ1v) is 9.15. The summed E-state index contributed by atoms with van der Waals surface area (Å²) < 4.78 is 5.01. The molecule has 24 heavy (non-hydrogen) atoms. The van der Waals surface area contributed by atoms with E-state index in [0.29, 0.717) is 12.5 Å². The average molecular weight is 334 g/mol. The molecule has 2 saturated carbocycles. The lowest BCUT2D eigenvalue weighted by Gasteiger charge is -2.60. The second-order valence-corrected chi connectivity index (χ2v) is 8.39. The van der Waals surface area contributed by atoms with Gasteiger partial charge in [0.05, 0.1) is 12.7 Å². The molecule has 0 spiro atoms. The molecule has 2 N–H and O–H groups in total. The number of esters is 1. The lowest BCUT2D eigenvalue weighted by molar-refractivity contribution is -0.152. The molecule has 4 heteroatoms. The van der Waals surface area contributed by atoms with Crippen LogP contribution in [-0.4, -0.2) is 35.5 Å². The van der Waals surface area contributed by atoms with E-state index in [1.54, 1.807) is 0 Å². The summed E-state index contributed by atoms with van der Waals surface area (Å²) in [6.07, 6.45) is 6.64. The number of fused-ring (bicyclic) bond motifs is 1. The number of carbonyl (C=O) groups is 1. The Hall–Kier alpha value is -1.13. The van der Waals surface area contributed by atoms with Crippen molar-refractivity contribution in [1.29, 1.82) is 0 Å². The van der Waals surface area contributed by atoms with Crippen LogP contribution in [0.25, 0.3) is 0 Å². The first-order chi connectivity index (χ1) is 11.3. The van der Waals surface area contributed by atoms with Crippen molar-refractivity contribution in [1.82, 2.24) is 0 Å². The number of rotatable bonds is 4. The zero-order valence-corrected chi connectivity index (χ0v) is 14.9. The van der Waals surface area contributed by atoms with E-state index < -0.39 is 11.5 Å². The Labute approximate surface area is 144 Å². The fourth-order valence-corrected chi connectivity index (χ4v) is 5.63. The van der Waals surface area contributed by atoms with Crippen LogP contribution in [0, 0.1) is 22.7 Å². The molecule has 0 aromatic heterocycles. The topological polar surface area (TPSA) is 66.8 Å². The summed E-state index contributed by atoms with van der Waals surface area (Å²) in [7, 11) is 0. The minimum Gasteiger partial charge on any atom is -0.458 e. The normalized spacial score (nSPS) is 42.5. The third-order valence-corrected chi connectivity index (χ3v) is 7.20. The van der Waals surface area contributed by atoms with Gasteiger partial charge in [0.25, 0.3) is 0 Å². The van der Waals surface area contributed by atoms with E-state index in [4.69, 9.17) is 4.74 Å². The highest BCUT2D eigenvalue weighted by atomic mass is 16.5. The molecule has 3 aliphatic rings. The molecule has 0 bridgehead atoms. The Balaban J connectivity index is 1.83. The zero-order valence-electron chi connectivity index (χ0n) is 14.9. The molecule has 4 nitrogen and oxygen atoms in total. The summed E-state index contributed by atoms with van der Waals surface area (Å²) in [6.45, 7) is 9.07. The number of ether oxygens (including phenoxy) is 1. The number of carbonyl (C=O) groups excluding carboxylic acids is 1. The predicted octanol–water partition coefficient (Wildman–Crippen LogP) is 2.99. The standard InChI is InChI=1S/C20H30O4/c1-13-4-7-16-19(2,10-8-17(22)20(16,3)12-21)15(13)6-5-14-9-11-24-18(14)23/h9,15-17,21-22H,1,4-8,10-12H2,2-3H3/t15-,16+,17-,19+,20-/m1/s1. The van der Waals surface area contributed by atoms with Crippen molar-refractivity contribution in [2.24, 2.45) is 22.7 Å². The summed E-state index contributed by atoms with van der Waals surface area (Å²) in [5.74, 6) is 0.417. The van der Waals surface area contributed by atoms with Gasteiger partial charge in [0.15, 0.2) is 0 Å². The molecule has 3 rings (SSSR count). The van der Waals surface area contributed by atoms with Gasteiger partial charge in [0, 0.05) is 11.0 Å². The molecule has 5 atom stereocenters. The molecule has 134 valence electrons. The van der Waals surface area contributed by atoms with Crippen molar-refractivity contribution in [3.8, 4) is 0 Å². The quantitative estimate of drug-likeness (QED) is 0.613. The van der Waals surface area contributed by atoms with Crippen LogP contribution < -0.4 is 0 Å². The average Bonchev–Trinajstić information content (AvgIpc) is 2.96. The highest BCUT2D eigenvalue weighted by molar-refractivity contribution is 5.90. The fraction of sp³-hybridized carbons (Fsp3) is 0.750. The monoisotopic (exact) mass is 334 g/mol. The summed E-state index contributed by atoms with van der Waals surface area (Å²) in [5.41, 5.74) is 1.62. The summed E-state index contributed by atoms with van der Waals surface area (Å²) in [6, 6.07) is 0. The molecular formula is C20H30O4. The van der Waals surface area contributed by atoms with Crippen molar-refractivity contribution < 1.29 is 19.7 Å². The van der Waals surface area contributed by atoms with Gasteiger partial charge in [-0.2, -0.15) is 0 Å². The first kappa shape index (κ1) is 17.7. The second kappa shape index (κ2) is 6.30. The molecule has 0 aromatic carbocycles. The SMILES string of the molecule is C=C1CC[C@@H]2[C@@](C)(CO)[C@H](O)CC[C@@]2(C)[C@@H]1CCC1=CCOC1=O. The lowest BCUT2D eigenvalue weighted by Crippen LogP contribution is -2.57. The van der Waals surface area contributed by atoms with Crippen LogP contribution in [-0.2, 0) is 9.53 Å². The van der Waals surface area contributed by atoms with Crippen LogP contribution in [0.1, 0.15) is 52.4 Å². The molecule has 0 unspecified atom stereocenters. The maximum Gasteiger partial charge on any atom is 0.334 e. The molecule has 1 heterocycles. The van der Waals surface area contributed by atoms with E-state index in [0.717, 1.165) is 44.1 Å². The van der Waals surface area contributed by atoms with Crippen LogP contribution in [0.4, 0.5) is 0 Å². The summed E-state index contributed by atoms with van der Waals surface area (Å²) in [5, 5.41) is 20.5. The number of aliphatic hydroxyl groups excluding tert-OH is 2. The maximum absolute atomic E-state index is 11.7. The zero-order chi connectivity index (χ0) is 17.5. The minimum atomic E-state index is -0.447. The first-order valence-electron chi connectivity index (χ1n) is 9.15. The van der Waals surface area contributed by atoms with Gasteiger partial charge in [-0.15, -0.1) is 0 Å². The van der Waals surface area contributed by atoms with Crippen molar-refractivity contribution in [2.45, 2.75) is 58.5 Å². The van der Waals surface area contributed by atoms with Gasteiger partial charge in [0.1, 0.15) is 6.61 Å². The maximum atomic E-state index is 11.7. The highest BCUT2D eigenvalue weighted by Gasteiger charge is 2.57. The Morgan fingerprint density at radius 2 is 2.12 bits per heavy atom. The largest absolute Gasteiger partial charge is 0.458 e. The molecule has 2 fully saturated rings. The molecular weight excluding hydrogens is 304 g/mol. The molecule has 1 aliphatic heterocycles. The minimum absolute atomic E-state index is 0.0189. The van der Waals surface area contributed by atoms with E-state index >= 15 is 0 Å². The predicted molar refractivity (Wildman–Crippen MR) is 92.2 cm³/mol. The van der Waals surface area contributed by atoms with E-state index in [2.05, 4.69) is 13.5 Å². The molecule has 0 amide bonds. The summed E-state index contributed by atoms with van der Waals surface area (Å²) >= 11 is 0. The van der Waals surface area contributed by atoms with E-state index in [1.807, 2.05) is 13.0 Å². The van der Waals surface area contributed by atoms with Gasteiger partial charge in [-0.05, 0) is 61.9 Å². The van der Waals surface area contributed by atoms with Gasteiger partial charge in [-0.3, -0.25) is 0 Å². The fourth-order valence-electron chi connectivity index (χ4n) is 5.63. The van der Waals surface area contributed by atoms with Crippen molar-refractivity contribution in [2.75, 3.05) is 13.2 Å². The third-order valence-electron chi connectivity index (χ3n) is 7.20. The van der Waals surface area contributed by atoms with E-state index in [1.165, 1.54) is 5.57 Å². The van der Waals surface area contributed by atoms with Crippen LogP contribution >= 0.6 is 0 Å². The van der Waals surface area contributed by atoms with E-state index in [-0.39, 0.29) is 23.9 Å². The Bertz CT molecular complexity index is 566. The number of aliphatic hydroxyl groups is 2. The van der Waals surface area contributed by atoms with E-state index in [9.17, 15) is 15.0 Å². The van der Waals surface area contributed by atoms with Crippen molar-refractivity contribution >= 4 is 5.97 Å². The molecule has 0 radical (unpaired) electrons. The summed E-state index contributed by atoms with van der Waals surface area (Å²) in [4.78, 5) is 11.7. The Kier molecular flexibility index (Phi) is 4.65. The number of allylic oxidation sites excluding steroid dienone is 1.